The number of nitrogens with one attached hydrogen (secondary N) is 2. The normalized spacial score (nSPS) is 14.2. The summed E-state index contributed by atoms with van der Waals surface area (Å²) in [4.78, 5) is 24.6. The van der Waals surface area contributed by atoms with Gasteiger partial charge in [-0.25, -0.2) is 0 Å². The van der Waals surface area contributed by atoms with Crippen molar-refractivity contribution in [3.63, 3.8) is 0 Å². The lowest BCUT2D eigenvalue weighted by molar-refractivity contribution is -0.120. The fourth-order valence-corrected chi connectivity index (χ4v) is 3.98. The highest BCUT2D eigenvalue weighted by Gasteiger charge is 2.21. The molecule has 5 nitrogen and oxygen atoms in total. The van der Waals surface area contributed by atoms with Crippen LogP contribution in [-0.2, 0) is 9.59 Å². The molecule has 0 unspecified atom stereocenters. The van der Waals surface area contributed by atoms with E-state index in [-0.39, 0.29) is 17.7 Å². The summed E-state index contributed by atoms with van der Waals surface area (Å²) < 4.78 is 5.59. The van der Waals surface area contributed by atoms with E-state index in [1.807, 2.05) is 12.1 Å². The van der Waals surface area contributed by atoms with Gasteiger partial charge in [0.05, 0.1) is 11.6 Å². The van der Waals surface area contributed by atoms with E-state index in [0.29, 0.717) is 46.6 Å². The first-order chi connectivity index (χ1) is 14.5. The van der Waals surface area contributed by atoms with E-state index in [2.05, 4.69) is 10.6 Å². The Bertz CT molecular complexity index is 883. The zero-order chi connectivity index (χ0) is 21.3. The number of carbonyl (C=O) groups is 2. The third-order valence-electron chi connectivity index (χ3n) is 5.09. The average Bonchev–Trinajstić information content (AvgIpc) is 2.73. The van der Waals surface area contributed by atoms with Crippen LogP contribution in [0.4, 0.5) is 11.4 Å². The summed E-state index contributed by atoms with van der Waals surface area (Å²) in [5, 5.41) is 6.82. The minimum atomic E-state index is -0.114. The van der Waals surface area contributed by atoms with E-state index in [0.717, 1.165) is 25.7 Å². The van der Waals surface area contributed by atoms with Gasteiger partial charge in [0.1, 0.15) is 5.75 Å². The molecule has 0 saturated heterocycles. The van der Waals surface area contributed by atoms with Crippen molar-refractivity contribution in [1.29, 1.82) is 0 Å². The molecule has 1 fully saturated rings. The quantitative estimate of drug-likeness (QED) is 0.464. The predicted molar refractivity (Wildman–Crippen MR) is 121 cm³/mol. The Hall–Kier alpha value is -2.24. The van der Waals surface area contributed by atoms with Crippen LogP contribution in [0.25, 0.3) is 0 Å². The highest BCUT2D eigenvalue weighted by atomic mass is 35.5. The van der Waals surface area contributed by atoms with Gasteiger partial charge in [0.15, 0.2) is 0 Å². The van der Waals surface area contributed by atoms with E-state index in [1.165, 1.54) is 6.42 Å². The molecule has 0 bridgehead atoms. The Balaban J connectivity index is 1.42. The summed E-state index contributed by atoms with van der Waals surface area (Å²) in [5.41, 5.74) is 1.35. The molecule has 1 saturated carbocycles. The van der Waals surface area contributed by atoms with Crippen molar-refractivity contribution in [2.75, 3.05) is 17.2 Å². The first kappa shape index (κ1) is 22.4. The lowest BCUT2D eigenvalue weighted by atomic mass is 9.88. The van der Waals surface area contributed by atoms with Crippen molar-refractivity contribution in [3.05, 3.63) is 52.5 Å². The smallest absolute Gasteiger partial charge is 0.227 e. The second-order valence-electron chi connectivity index (χ2n) is 7.48. The van der Waals surface area contributed by atoms with Crippen LogP contribution in [0.2, 0.25) is 10.0 Å². The molecule has 0 atom stereocenters. The molecular weight excluding hydrogens is 423 g/mol. The zero-order valence-corrected chi connectivity index (χ0v) is 18.3. The molecule has 2 aromatic rings. The first-order valence-corrected chi connectivity index (χ1v) is 11.1. The average molecular weight is 449 g/mol. The molecule has 30 heavy (non-hydrogen) atoms. The second kappa shape index (κ2) is 11.2. The van der Waals surface area contributed by atoms with Crippen LogP contribution in [0.5, 0.6) is 5.75 Å². The number of halogens is 2. The van der Waals surface area contributed by atoms with Gasteiger partial charge in [0.25, 0.3) is 0 Å². The van der Waals surface area contributed by atoms with E-state index < -0.39 is 0 Å². The highest BCUT2D eigenvalue weighted by molar-refractivity contribution is 6.35. The number of ether oxygens (including phenoxy) is 1. The maximum atomic E-state index is 12.4. The molecule has 0 radical (unpaired) electrons. The minimum absolute atomic E-state index is 0.0659. The summed E-state index contributed by atoms with van der Waals surface area (Å²) in [7, 11) is 0. The van der Waals surface area contributed by atoms with Crippen molar-refractivity contribution in [3.8, 4) is 5.75 Å². The van der Waals surface area contributed by atoms with Crippen molar-refractivity contribution in [2.45, 2.75) is 44.9 Å². The SMILES string of the molecule is O=C(CCCOc1ccc(Cl)cc1Cl)Nc1cccc(NC(=O)C2CCCCC2)c1. The fraction of sp³-hybridized carbons (Fsp3) is 0.391. The van der Waals surface area contributed by atoms with Gasteiger partial charge in [-0.2, -0.15) is 0 Å². The number of anilines is 2. The maximum absolute atomic E-state index is 12.4. The number of rotatable bonds is 8. The second-order valence-corrected chi connectivity index (χ2v) is 8.32. The Labute approximate surface area is 187 Å². The van der Waals surface area contributed by atoms with E-state index in [4.69, 9.17) is 27.9 Å². The maximum Gasteiger partial charge on any atom is 0.227 e. The lowest BCUT2D eigenvalue weighted by Crippen LogP contribution is -2.24. The fourth-order valence-electron chi connectivity index (χ4n) is 3.51. The van der Waals surface area contributed by atoms with Crippen molar-refractivity contribution >= 4 is 46.4 Å². The van der Waals surface area contributed by atoms with E-state index in [9.17, 15) is 9.59 Å². The summed E-state index contributed by atoms with van der Waals surface area (Å²) in [6, 6.07) is 12.3. The Kier molecular flexibility index (Phi) is 8.40. The van der Waals surface area contributed by atoms with Crippen molar-refractivity contribution in [2.24, 2.45) is 5.92 Å². The molecule has 2 N–H and O–H groups in total. The van der Waals surface area contributed by atoms with Gasteiger partial charge >= 0.3 is 0 Å². The highest BCUT2D eigenvalue weighted by Crippen LogP contribution is 2.28. The molecule has 0 aromatic heterocycles. The van der Waals surface area contributed by atoms with Crippen LogP contribution in [-0.4, -0.2) is 18.4 Å². The Morgan fingerprint density at radius 1 is 0.967 bits per heavy atom. The summed E-state index contributed by atoms with van der Waals surface area (Å²) in [6.07, 6.45) is 6.19. The van der Waals surface area contributed by atoms with Gasteiger partial charge in [-0.3, -0.25) is 9.59 Å². The molecule has 0 aliphatic heterocycles. The molecule has 2 aromatic carbocycles. The molecule has 160 valence electrons. The molecule has 0 spiro atoms. The van der Waals surface area contributed by atoms with Gasteiger partial charge in [-0.05, 0) is 55.7 Å². The molecule has 1 aliphatic carbocycles. The van der Waals surface area contributed by atoms with Gasteiger partial charge in [-0.15, -0.1) is 0 Å². The molecule has 7 heteroatoms. The van der Waals surface area contributed by atoms with Gasteiger partial charge in [0.2, 0.25) is 11.8 Å². The van der Waals surface area contributed by atoms with Gasteiger partial charge < -0.3 is 15.4 Å². The minimum Gasteiger partial charge on any atom is -0.492 e. The van der Waals surface area contributed by atoms with Crippen LogP contribution in [0, 0.1) is 5.92 Å². The van der Waals surface area contributed by atoms with Crippen LogP contribution in [0.3, 0.4) is 0 Å². The number of hydrogen-bond acceptors (Lipinski definition) is 3. The van der Waals surface area contributed by atoms with Crippen LogP contribution >= 0.6 is 23.2 Å². The van der Waals surface area contributed by atoms with E-state index >= 15 is 0 Å². The molecule has 3 rings (SSSR count). The zero-order valence-electron chi connectivity index (χ0n) is 16.8. The van der Waals surface area contributed by atoms with Crippen LogP contribution < -0.4 is 15.4 Å². The molecule has 2 amide bonds. The number of carbonyl (C=O) groups excluding carboxylic acids is 2. The molecule has 0 heterocycles. The number of benzene rings is 2. The van der Waals surface area contributed by atoms with Gasteiger partial charge in [0, 0.05) is 28.7 Å². The Morgan fingerprint density at radius 2 is 1.70 bits per heavy atom. The summed E-state index contributed by atoms with van der Waals surface area (Å²) >= 11 is 11.9. The molecular formula is C23H26Cl2N2O3. The van der Waals surface area contributed by atoms with Gasteiger partial charge in [-0.1, -0.05) is 48.5 Å². The molecule has 1 aliphatic rings. The monoisotopic (exact) mass is 448 g/mol. The largest absolute Gasteiger partial charge is 0.492 e. The van der Waals surface area contributed by atoms with E-state index in [1.54, 1.807) is 30.3 Å². The number of hydrogen-bond donors (Lipinski definition) is 2. The Morgan fingerprint density at radius 3 is 2.43 bits per heavy atom. The summed E-state index contributed by atoms with van der Waals surface area (Å²) in [5.74, 6) is 0.585. The third kappa shape index (κ3) is 6.92. The van der Waals surface area contributed by atoms with Crippen molar-refractivity contribution in [1.82, 2.24) is 0 Å². The first-order valence-electron chi connectivity index (χ1n) is 10.3. The third-order valence-corrected chi connectivity index (χ3v) is 5.62. The predicted octanol–water partition coefficient (Wildman–Crippen LogP) is 6.31. The van der Waals surface area contributed by atoms with Crippen LogP contribution in [0.15, 0.2) is 42.5 Å². The van der Waals surface area contributed by atoms with Crippen LogP contribution in [0.1, 0.15) is 44.9 Å². The topological polar surface area (TPSA) is 67.4 Å². The van der Waals surface area contributed by atoms with Crippen molar-refractivity contribution < 1.29 is 14.3 Å². The lowest BCUT2D eigenvalue weighted by Gasteiger charge is -2.20. The number of amides is 2. The summed E-state index contributed by atoms with van der Waals surface area (Å²) in [6.45, 7) is 0.367. The standard InChI is InChI=1S/C23H26Cl2N2O3/c24-17-11-12-21(20(25)14-17)30-13-5-10-22(28)26-18-8-4-9-19(15-18)27-23(29)16-6-2-1-3-7-16/h4,8-9,11-12,14-16H,1-3,5-7,10,13H2,(H,26,28)(H,27,29).